The molecule has 1 saturated carbocycles. The van der Waals surface area contributed by atoms with Crippen molar-refractivity contribution in [1.29, 1.82) is 0 Å². The predicted octanol–water partition coefficient (Wildman–Crippen LogP) is 1.77. The van der Waals surface area contributed by atoms with E-state index in [1.54, 1.807) is 12.3 Å². The predicted molar refractivity (Wildman–Crippen MR) is 76.1 cm³/mol. The molecule has 6 nitrogen and oxygen atoms in total. The zero-order chi connectivity index (χ0) is 14.2. The average molecular weight is 339 g/mol. The molecule has 0 bridgehead atoms. The summed E-state index contributed by atoms with van der Waals surface area (Å²) in [6.45, 7) is 0.251. The maximum Gasteiger partial charge on any atom is 0.251 e. The number of halogens is 1. The van der Waals surface area contributed by atoms with Crippen LogP contribution in [0.1, 0.15) is 37.4 Å². The first-order valence-corrected chi connectivity index (χ1v) is 7.34. The summed E-state index contributed by atoms with van der Waals surface area (Å²) in [4.78, 5) is 16.1. The van der Waals surface area contributed by atoms with E-state index in [1.807, 2.05) is 0 Å². The molecule has 106 valence electrons. The maximum absolute atomic E-state index is 11.7. The third-order valence-corrected chi connectivity index (χ3v) is 4.13. The van der Waals surface area contributed by atoms with Gasteiger partial charge in [0.25, 0.3) is 5.56 Å². The molecule has 1 aliphatic carbocycles. The van der Waals surface area contributed by atoms with Crippen molar-refractivity contribution in [2.24, 2.45) is 5.73 Å². The minimum Gasteiger partial charge on any atom is -0.337 e. The molecule has 1 fully saturated rings. The summed E-state index contributed by atoms with van der Waals surface area (Å²) in [5.41, 5.74) is 5.70. The number of aromatic nitrogens is 3. The quantitative estimate of drug-likeness (QED) is 0.921. The molecule has 0 spiro atoms. The Morgan fingerprint density at radius 2 is 2.15 bits per heavy atom. The second-order valence-corrected chi connectivity index (χ2v) is 6.10. The molecule has 2 heterocycles. The van der Waals surface area contributed by atoms with Gasteiger partial charge in [0.05, 0.1) is 5.54 Å². The van der Waals surface area contributed by atoms with Gasteiger partial charge in [0, 0.05) is 16.7 Å². The minimum atomic E-state index is -0.468. The van der Waals surface area contributed by atoms with Crippen molar-refractivity contribution in [2.75, 3.05) is 0 Å². The maximum atomic E-state index is 11.7. The van der Waals surface area contributed by atoms with Crippen LogP contribution < -0.4 is 11.3 Å². The largest absolute Gasteiger partial charge is 0.337 e. The van der Waals surface area contributed by atoms with Crippen LogP contribution in [0.4, 0.5) is 0 Å². The van der Waals surface area contributed by atoms with Crippen LogP contribution in [0.2, 0.25) is 0 Å². The number of rotatable bonds is 3. The summed E-state index contributed by atoms with van der Waals surface area (Å²) in [7, 11) is 0. The van der Waals surface area contributed by atoms with Gasteiger partial charge in [0.1, 0.15) is 6.54 Å². The van der Waals surface area contributed by atoms with Gasteiger partial charge in [-0.2, -0.15) is 4.98 Å². The fraction of sp³-hybridized carbons (Fsp3) is 0.462. The van der Waals surface area contributed by atoms with E-state index in [0.29, 0.717) is 11.7 Å². The molecular formula is C13H15BrN4O2. The van der Waals surface area contributed by atoms with E-state index < -0.39 is 5.54 Å². The van der Waals surface area contributed by atoms with Crippen molar-refractivity contribution >= 4 is 15.9 Å². The Kier molecular flexibility index (Phi) is 3.47. The van der Waals surface area contributed by atoms with Gasteiger partial charge in [0.2, 0.25) is 5.89 Å². The van der Waals surface area contributed by atoms with Crippen molar-refractivity contribution in [3.8, 4) is 0 Å². The van der Waals surface area contributed by atoms with E-state index in [2.05, 4.69) is 26.1 Å². The molecule has 0 atom stereocenters. The highest BCUT2D eigenvalue weighted by Crippen LogP contribution is 2.34. The molecule has 0 unspecified atom stereocenters. The van der Waals surface area contributed by atoms with Crippen molar-refractivity contribution < 1.29 is 4.52 Å². The Hall–Kier alpha value is -1.47. The third-order valence-electron chi connectivity index (χ3n) is 3.66. The second-order valence-electron chi connectivity index (χ2n) is 5.19. The van der Waals surface area contributed by atoms with Crippen molar-refractivity contribution in [3.63, 3.8) is 0 Å². The van der Waals surface area contributed by atoms with Crippen LogP contribution in [0.3, 0.4) is 0 Å². The molecule has 0 aromatic carbocycles. The van der Waals surface area contributed by atoms with Gasteiger partial charge in [-0.3, -0.25) is 4.79 Å². The van der Waals surface area contributed by atoms with Gasteiger partial charge in [-0.1, -0.05) is 18.0 Å². The van der Waals surface area contributed by atoms with Crippen LogP contribution in [-0.4, -0.2) is 14.7 Å². The number of hydrogen-bond acceptors (Lipinski definition) is 5. The fourth-order valence-electron chi connectivity index (χ4n) is 2.52. The summed E-state index contributed by atoms with van der Waals surface area (Å²) in [6.07, 6.45) is 5.63. The van der Waals surface area contributed by atoms with Crippen molar-refractivity contribution in [1.82, 2.24) is 14.7 Å². The van der Waals surface area contributed by atoms with Gasteiger partial charge < -0.3 is 14.8 Å². The van der Waals surface area contributed by atoms with E-state index in [4.69, 9.17) is 10.3 Å². The average Bonchev–Trinajstić information content (AvgIpc) is 3.04. The first kappa shape index (κ1) is 13.5. The topological polar surface area (TPSA) is 86.9 Å². The van der Waals surface area contributed by atoms with E-state index in [9.17, 15) is 4.79 Å². The van der Waals surface area contributed by atoms with Crippen LogP contribution in [0.5, 0.6) is 0 Å². The molecule has 0 amide bonds. The van der Waals surface area contributed by atoms with Crippen molar-refractivity contribution in [2.45, 2.75) is 37.8 Å². The first-order chi connectivity index (χ1) is 9.57. The van der Waals surface area contributed by atoms with Crippen LogP contribution in [0.15, 0.2) is 32.1 Å². The molecule has 20 heavy (non-hydrogen) atoms. The number of nitrogens with two attached hydrogens (primary N) is 1. The lowest BCUT2D eigenvalue weighted by Gasteiger charge is -2.17. The molecule has 1 aliphatic rings. The normalized spacial score (nSPS) is 17.5. The van der Waals surface area contributed by atoms with Gasteiger partial charge in [-0.15, -0.1) is 0 Å². The molecule has 2 aromatic rings. The van der Waals surface area contributed by atoms with Gasteiger partial charge in [-0.25, -0.2) is 0 Å². The van der Waals surface area contributed by atoms with E-state index in [0.717, 1.165) is 30.2 Å². The molecule has 7 heteroatoms. The number of pyridine rings is 1. The van der Waals surface area contributed by atoms with Crippen LogP contribution >= 0.6 is 15.9 Å². The van der Waals surface area contributed by atoms with Crippen LogP contribution in [-0.2, 0) is 12.1 Å². The Morgan fingerprint density at radius 1 is 1.40 bits per heavy atom. The monoisotopic (exact) mass is 338 g/mol. The summed E-state index contributed by atoms with van der Waals surface area (Å²) < 4.78 is 7.56. The lowest BCUT2D eigenvalue weighted by atomic mass is 9.99. The van der Waals surface area contributed by atoms with Crippen LogP contribution in [0, 0.1) is 0 Å². The van der Waals surface area contributed by atoms with Gasteiger partial charge in [-0.05, 0) is 34.8 Å². The zero-order valence-electron chi connectivity index (χ0n) is 10.9. The molecule has 0 radical (unpaired) electrons. The summed E-state index contributed by atoms with van der Waals surface area (Å²) in [5.74, 6) is 0.949. The highest BCUT2D eigenvalue weighted by atomic mass is 79.9. The van der Waals surface area contributed by atoms with E-state index >= 15 is 0 Å². The smallest absolute Gasteiger partial charge is 0.251 e. The molecule has 2 aromatic heterocycles. The Bertz CT molecular complexity index is 673. The molecule has 0 aliphatic heterocycles. The van der Waals surface area contributed by atoms with E-state index in [-0.39, 0.29) is 12.1 Å². The molecule has 2 N–H and O–H groups in total. The summed E-state index contributed by atoms with van der Waals surface area (Å²) >= 11 is 3.33. The Balaban J connectivity index is 1.84. The highest BCUT2D eigenvalue weighted by Gasteiger charge is 2.35. The summed E-state index contributed by atoms with van der Waals surface area (Å²) in [5, 5.41) is 3.98. The zero-order valence-corrected chi connectivity index (χ0v) is 12.5. The lowest BCUT2D eigenvalue weighted by molar-refractivity contribution is 0.343. The van der Waals surface area contributed by atoms with Gasteiger partial charge in [0.15, 0.2) is 5.82 Å². The number of nitrogens with zero attached hydrogens (tertiary/aromatic N) is 3. The molecular weight excluding hydrogens is 324 g/mol. The lowest BCUT2D eigenvalue weighted by Crippen LogP contribution is -2.34. The van der Waals surface area contributed by atoms with Crippen molar-refractivity contribution in [3.05, 3.63) is 44.9 Å². The first-order valence-electron chi connectivity index (χ1n) is 6.55. The molecule has 0 saturated heterocycles. The Morgan fingerprint density at radius 3 is 2.90 bits per heavy atom. The fourth-order valence-corrected chi connectivity index (χ4v) is 2.90. The third kappa shape index (κ3) is 2.55. The number of hydrogen-bond donors (Lipinski definition) is 1. The van der Waals surface area contributed by atoms with E-state index in [1.165, 1.54) is 10.6 Å². The van der Waals surface area contributed by atoms with Crippen LogP contribution in [0.25, 0.3) is 0 Å². The highest BCUT2D eigenvalue weighted by molar-refractivity contribution is 9.10. The summed E-state index contributed by atoms with van der Waals surface area (Å²) in [6, 6.07) is 3.19. The Labute approximate surface area is 124 Å². The standard InChI is InChI=1S/C13H15BrN4O2/c14-9-3-4-11(19)18(7-9)8-10-16-12(17-20-10)13(15)5-1-2-6-13/h3-4,7H,1-2,5-6,8,15H2. The van der Waals surface area contributed by atoms with Gasteiger partial charge >= 0.3 is 0 Å². The molecule has 3 rings (SSSR count). The SMILES string of the molecule is NC1(c2noc(Cn3cc(Br)ccc3=O)n2)CCCC1. The minimum absolute atomic E-state index is 0.115. The second kappa shape index (κ2) is 5.14.